The topological polar surface area (TPSA) is 111 Å². The zero-order valence-corrected chi connectivity index (χ0v) is 13.1. The quantitative estimate of drug-likeness (QED) is 0.427. The Morgan fingerprint density at radius 2 is 2.00 bits per heavy atom. The molecular formula is C17H11FN4O4. The molecule has 0 bridgehead atoms. The van der Waals surface area contributed by atoms with E-state index < -0.39 is 16.6 Å². The smallest absolute Gasteiger partial charge is 0.322 e. The van der Waals surface area contributed by atoms with Crippen molar-refractivity contribution in [2.24, 2.45) is 0 Å². The molecule has 9 heteroatoms. The number of amides is 1. The lowest BCUT2D eigenvalue weighted by molar-refractivity contribution is -0.384. The molecule has 0 aliphatic rings. The average Bonchev–Trinajstić information content (AvgIpc) is 3.09. The van der Waals surface area contributed by atoms with Crippen molar-refractivity contribution in [1.82, 2.24) is 10.2 Å². The van der Waals surface area contributed by atoms with Gasteiger partial charge >= 0.3 is 6.01 Å². The number of nitrogens with one attached hydrogen (secondary N) is 1. The Morgan fingerprint density at radius 1 is 1.19 bits per heavy atom. The van der Waals surface area contributed by atoms with Gasteiger partial charge in [0.25, 0.3) is 11.6 Å². The molecule has 3 aromatic rings. The lowest BCUT2D eigenvalue weighted by atomic mass is 10.2. The third-order valence-electron chi connectivity index (χ3n) is 3.23. The Morgan fingerprint density at radius 3 is 2.77 bits per heavy atom. The molecule has 1 N–H and O–H groups in total. The number of non-ortho nitro benzene ring substituents is 1. The van der Waals surface area contributed by atoms with Crippen molar-refractivity contribution in [3.05, 3.63) is 76.1 Å². The van der Waals surface area contributed by atoms with Gasteiger partial charge < -0.3 is 4.42 Å². The molecule has 0 saturated carbocycles. The Kier molecular flexibility index (Phi) is 4.79. The second kappa shape index (κ2) is 7.34. The zero-order chi connectivity index (χ0) is 18.5. The molecule has 0 fully saturated rings. The van der Waals surface area contributed by atoms with E-state index in [-0.39, 0.29) is 17.6 Å². The number of benzene rings is 2. The van der Waals surface area contributed by atoms with E-state index in [1.54, 1.807) is 12.1 Å². The number of hydrogen-bond donors (Lipinski definition) is 1. The minimum absolute atomic E-state index is 0.0578. The number of hydrogen-bond acceptors (Lipinski definition) is 6. The summed E-state index contributed by atoms with van der Waals surface area (Å²) in [5.41, 5.74) is 0.787. The van der Waals surface area contributed by atoms with Crippen LogP contribution in [0.2, 0.25) is 0 Å². The van der Waals surface area contributed by atoms with Crippen molar-refractivity contribution in [2.75, 3.05) is 5.32 Å². The molecule has 1 amide bonds. The molecule has 0 spiro atoms. The fourth-order valence-corrected chi connectivity index (χ4v) is 2.07. The van der Waals surface area contributed by atoms with Crippen LogP contribution in [0.3, 0.4) is 0 Å². The lowest BCUT2D eigenvalue weighted by Crippen LogP contribution is -2.07. The predicted molar refractivity (Wildman–Crippen MR) is 90.5 cm³/mol. The third-order valence-corrected chi connectivity index (χ3v) is 3.23. The van der Waals surface area contributed by atoms with Crippen LogP contribution in [0.4, 0.5) is 16.1 Å². The van der Waals surface area contributed by atoms with E-state index in [0.29, 0.717) is 11.1 Å². The first-order valence-electron chi connectivity index (χ1n) is 7.34. The van der Waals surface area contributed by atoms with Crippen LogP contribution in [-0.2, 0) is 4.79 Å². The SMILES string of the molecule is O=C(/C=C/c1cccc([N+](=O)[O-])c1)Nc1nnc(-c2cccc(F)c2)o1. The standard InChI is InChI=1S/C17H11FN4O4/c18-13-5-2-4-12(10-13)16-20-21-17(26-16)19-15(23)8-7-11-3-1-6-14(9-11)22(24)25/h1-10H,(H,19,21,23)/b8-7+. The van der Waals surface area contributed by atoms with Gasteiger partial charge in [-0.3, -0.25) is 20.2 Å². The van der Waals surface area contributed by atoms with Crippen molar-refractivity contribution in [1.29, 1.82) is 0 Å². The highest BCUT2D eigenvalue weighted by atomic mass is 19.1. The maximum absolute atomic E-state index is 13.2. The van der Waals surface area contributed by atoms with E-state index >= 15 is 0 Å². The summed E-state index contributed by atoms with van der Waals surface area (Å²) in [4.78, 5) is 22.1. The van der Waals surface area contributed by atoms with Gasteiger partial charge in [0.15, 0.2) is 0 Å². The van der Waals surface area contributed by atoms with Crippen molar-refractivity contribution in [3.8, 4) is 11.5 Å². The van der Waals surface area contributed by atoms with Crippen LogP contribution in [0.5, 0.6) is 0 Å². The van der Waals surface area contributed by atoms with Gasteiger partial charge in [-0.1, -0.05) is 23.3 Å². The fourth-order valence-electron chi connectivity index (χ4n) is 2.07. The first-order valence-corrected chi connectivity index (χ1v) is 7.34. The first kappa shape index (κ1) is 17.0. The fraction of sp³-hybridized carbons (Fsp3) is 0. The monoisotopic (exact) mass is 354 g/mol. The van der Waals surface area contributed by atoms with Gasteiger partial charge in [0.2, 0.25) is 5.89 Å². The second-order valence-corrected chi connectivity index (χ2v) is 5.10. The minimum Gasteiger partial charge on any atom is -0.403 e. The predicted octanol–water partition coefficient (Wildman–Crippen LogP) is 3.44. The summed E-state index contributed by atoms with van der Waals surface area (Å²) in [6.07, 6.45) is 2.58. The molecular weight excluding hydrogens is 343 g/mol. The second-order valence-electron chi connectivity index (χ2n) is 5.10. The largest absolute Gasteiger partial charge is 0.403 e. The number of anilines is 1. The Hall–Kier alpha value is -3.88. The summed E-state index contributed by atoms with van der Waals surface area (Å²) in [5, 5.41) is 20.5. The molecule has 0 unspecified atom stereocenters. The van der Waals surface area contributed by atoms with Gasteiger partial charge in [0, 0.05) is 23.8 Å². The number of nitro benzene ring substituents is 1. The van der Waals surface area contributed by atoms with Crippen LogP contribution in [0, 0.1) is 15.9 Å². The van der Waals surface area contributed by atoms with E-state index in [1.807, 2.05) is 0 Å². The van der Waals surface area contributed by atoms with E-state index in [2.05, 4.69) is 15.5 Å². The number of nitro groups is 1. The number of nitrogens with zero attached hydrogens (tertiary/aromatic N) is 3. The van der Waals surface area contributed by atoms with Crippen molar-refractivity contribution >= 4 is 23.7 Å². The molecule has 2 aromatic carbocycles. The van der Waals surface area contributed by atoms with Crippen LogP contribution in [0.25, 0.3) is 17.5 Å². The van der Waals surface area contributed by atoms with E-state index in [9.17, 15) is 19.3 Å². The zero-order valence-electron chi connectivity index (χ0n) is 13.1. The average molecular weight is 354 g/mol. The van der Waals surface area contributed by atoms with Gasteiger partial charge in [0.05, 0.1) is 4.92 Å². The summed E-state index contributed by atoms with van der Waals surface area (Å²) in [6, 6.07) is 11.2. The highest BCUT2D eigenvalue weighted by molar-refractivity contribution is 6.00. The van der Waals surface area contributed by atoms with Gasteiger partial charge in [-0.15, -0.1) is 5.10 Å². The van der Waals surface area contributed by atoms with E-state index in [0.717, 1.165) is 0 Å². The van der Waals surface area contributed by atoms with Crippen molar-refractivity contribution in [2.45, 2.75) is 0 Å². The summed E-state index contributed by atoms with van der Waals surface area (Å²) >= 11 is 0. The molecule has 1 aromatic heterocycles. The summed E-state index contributed by atoms with van der Waals surface area (Å²) in [6.45, 7) is 0. The van der Waals surface area contributed by atoms with Gasteiger partial charge in [-0.2, -0.15) is 0 Å². The summed E-state index contributed by atoms with van der Waals surface area (Å²) in [5.74, 6) is -0.959. The maximum Gasteiger partial charge on any atom is 0.322 e. The van der Waals surface area contributed by atoms with Crippen LogP contribution in [-0.4, -0.2) is 21.0 Å². The maximum atomic E-state index is 13.2. The Bertz CT molecular complexity index is 1000. The lowest BCUT2D eigenvalue weighted by Gasteiger charge is -1.96. The van der Waals surface area contributed by atoms with Crippen LogP contribution in [0.15, 0.2) is 59.0 Å². The summed E-state index contributed by atoms with van der Waals surface area (Å²) in [7, 11) is 0. The van der Waals surface area contributed by atoms with Gasteiger partial charge in [-0.05, 0) is 29.8 Å². The molecule has 26 heavy (non-hydrogen) atoms. The van der Waals surface area contributed by atoms with Crippen LogP contribution < -0.4 is 5.32 Å². The molecule has 0 aliphatic carbocycles. The molecule has 130 valence electrons. The molecule has 0 atom stereocenters. The summed E-state index contributed by atoms with van der Waals surface area (Å²) < 4.78 is 18.5. The minimum atomic E-state index is -0.564. The van der Waals surface area contributed by atoms with Gasteiger partial charge in [-0.25, -0.2) is 4.39 Å². The highest BCUT2D eigenvalue weighted by Crippen LogP contribution is 2.20. The number of halogens is 1. The number of carbonyl (C=O) groups is 1. The van der Waals surface area contributed by atoms with E-state index in [1.165, 1.54) is 48.6 Å². The molecule has 8 nitrogen and oxygen atoms in total. The Labute approximate surface area is 146 Å². The van der Waals surface area contributed by atoms with Gasteiger partial charge in [0.1, 0.15) is 5.82 Å². The molecule has 1 heterocycles. The van der Waals surface area contributed by atoms with E-state index in [4.69, 9.17) is 4.42 Å². The van der Waals surface area contributed by atoms with Crippen LogP contribution in [0.1, 0.15) is 5.56 Å². The normalized spacial score (nSPS) is 10.8. The first-order chi connectivity index (χ1) is 12.5. The highest BCUT2D eigenvalue weighted by Gasteiger charge is 2.11. The molecule has 0 saturated heterocycles. The van der Waals surface area contributed by atoms with Crippen molar-refractivity contribution < 1.29 is 18.5 Å². The van der Waals surface area contributed by atoms with Crippen LogP contribution >= 0.6 is 0 Å². The molecule has 0 aliphatic heterocycles. The van der Waals surface area contributed by atoms with Crippen molar-refractivity contribution in [3.63, 3.8) is 0 Å². The third kappa shape index (κ3) is 4.15. The molecule has 0 radical (unpaired) electrons. The number of aromatic nitrogens is 2. The molecule has 3 rings (SSSR count). The Balaban J connectivity index is 1.67. The number of rotatable bonds is 5. The number of carbonyl (C=O) groups excluding carboxylic acids is 1.